The fourth-order valence-electron chi connectivity index (χ4n) is 3.83. The van der Waals surface area contributed by atoms with Crippen molar-refractivity contribution in [3.63, 3.8) is 0 Å². The first kappa shape index (κ1) is 23.6. The lowest BCUT2D eigenvalue weighted by atomic mass is 10.1. The molecule has 0 atom stereocenters. The van der Waals surface area contributed by atoms with E-state index in [0.717, 1.165) is 22.3 Å². The molecule has 2 heterocycles. The summed E-state index contributed by atoms with van der Waals surface area (Å²) in [5.74, 6) is 1.66. The molecule has 9 heteroatoms. The van der Waals surface area contributed by atoms with Gasteiger partial charge in [-0.15, -0.1) is 10.2 Å². The number of amides is 1. The summed E-state index contributed by atoms with van der Waals surface area (Å²) >= 11 is 1.38. The van der Waals surface area contributed by atoms with Crippen molar-refractivity contribution in [2.75, 3.05) is 19.4 Å². The Morgan fingerprint density at radius 2 is 1.85 bits per heavy atom. The van der Waals surface area contributed by atoms with Gasteiger partial charge < -0.3 is 19.2 Å². The summed E-state index contributed by atoms with van der Waals surface area (Å²) in [5, 5.41) is 13.2. The van der Waals surface area contributed by atoms with E-state index in [4.69, 9.17) is 4.74 Å². The van der Waals surface area contributed by atoms with Gasteiger partial charge in [0.15, 0.2) is 10.9 Å². The van der Waals surface area contributed by atoms with Crippen LogP contribution in [0.4, 0.5) is 0 Å². The molecule has 0 aliphatic carbocycles. The lowest BCUT2D eigenvalue weighted by Crippen LogP contribution is -2.26. The molecule has 0 aliphatic heterocycles. The zero-order valence-electron chi connectivity index (χ0n) is 19.4. The number of para-hydroxylation sites is 1. The van der Waals surface area contributed by atoms with Crippen LogP contribution in [0.25, 0.3) is 10.9 Å². The van der Waals surface area contributed by atoms with E-state index in [2.05, 4.69) is 15.5 Å². The number of nitrogens with one attached hydrogen (secondary N) is 1. The minimum atomic E-state index is -0.152. The molecule has 4 aromatic rings. The van der Waals surface area contributed by atoms with Gasteiger partial charge in [-0.25, -0.2) is 0 Å². The van der Waals surface area contributed by atoms with Crippen molar-refractivity contribution >= 4 is 34.4 Å². The Kier molecular flexibility index (Phi) is 7.32. The van der Waals surface area contributed by atoms with Crippen LogP contribution in [0.1, 0.15) is 33.5 Å². The Labute approximate surface area is 202 Å². The monoisotopic (exact) mass is 477 g/mol. The Morgan fingerprint density at radius 3 is 2.59 bits per heavy atom. The molecule has 0 aliphatic rings. The molecule has 0 radical (unpaired) electrons. The van der Waals surface area contributed by atoms with Crippen molar-refractivity contribution in [1.29, 1.82) is 0 Å². The Bertz CT molecular complexity index is 1310. The summed E-state index contributed by atoms with van der Waals surface area (Å²) in [6.07, 6.45) is 2.43. The van der Waals surface area contributed by atoms with Gasteiger partial charge in [-0.05, 0) is 37.3 Å². The highest BCUT2D eigenvalue weighted by Crippen LogP contribution is 2.24. The van der Waals surface area contributed by atoms with Crippen molar-refractivity contribution in [2.24, 2.45) is 7.05 Å². The fraction of sp³-hybridized carbons (Fsp3) is 0.280. The van der Waals surface area contributed by atoms with E-state index >= 15 is 0 Å². The molecule has 1 N–H and O–H groups in total. The van der Waals surface area contributed by atoms with Crippen LogP contribution in [0.15, 0.2) is 59.9 Å². The third-order valence-corrected chi connectivity index (χ3v) is 6.59. The fourth-order valence-corrected chi connectivity index (χ4v) is 4.74. The number of ketones is 1. The molecule has 2 aromatic carbocycles. The number of aryl methyl sites for hydroxylation is 1. The van der Waals surface area contributed by atoms with E-state index in [1.165, 1.54) is 11.8 Å². The molecule has 1 amide bonds. The quantitative estimate of drug-likeness (QED) is 0.276. The first-order chi connectivity index (χ1) is 16.5. The van der Waals surface area contributed by atoms with Gasteiger partial charge in [0.2, 0.25) is 0 Å². The maximum atomic E-state index is 12.9. The van der Waals surface area contributed by atoms with Crippen LogP contribution in [-0.2, 0) is 20.0 Å². The second-order valence-electron chi connectivity index (χ2n) is 7.76. The van der Waals surface area contributed by atoms with Gasteiger partial charge >= 0.3 is 0 Å². The van der Waals surface area contributed by atoms with Gasteiger partial charge in [0, 0.05) is 54.8 Å². The summed E-state index contributed by atoms with van der Waals surface area (Å²) in [6, 6.07) is 14.9. The number of methoxy groups -OCH3 is 1. The molecular weight excluding hydrogens is 450 g/mol. The highest BCUT2D eigenvalue weighted by atomic mass is 32.2. The van der Waals surface area contributed by atoms with Crippen LogP contribution in [-0.4, -0.2) is 50.4 Å². The molecule has 0 bridgehead atoms. The second kappa shape index (κ2) is 10.6. The third-order valence-electron chi connectivity index (χ3n) is 5.63. The Balaban J connectivity index is 1.35. The van der Waals surface area contributed by atoms with Crippen molar-refractivity contribution in [2.45, 2.75) is 25.0 Å². The zero-order chi connectivity index (χ0) is 24.1. The van der Waals surface area contributed by atoms with Crippen LogP contribution in [0.5, 0.6) is 5.75 Å². The van der Waals surface area contributed by atoms with Crippen molar-refractivity contribution in [3.05, 3.63) is 71.7 Å². The van der Waals surface area contributed by atoms with Crippen molar-refractivity contribution < 1.29 is 14.3 Å². The van der Waals surface area contributed by atoms with Crippen LogP contribution in [0.2, 0.25) is 0 Å². The van der Waals surface area contributed by atoms with E-state index in [1.807, 2.05) is 53.6 Å². The van der Waals surface area contributed by atoms with E-state index < -0.39 is 0 Å². The van der Waals surface area contributed by atoms with E-state index in [0.29, 0.717) is 36.0 Å². The molecule has 0 spiro atoms. The lowest BCUT2D eigenvalue weighted by Gasteiger charge is -2.08. The molecule has 176 valence electrons. The van der Waals surface area contributed by atoms with Crippen molar-refractivity contribution in [3.8, 4) is 5.75 Å². The Morgan fingerprint density at radius 1 is 1.09 bits per heavy atom. The second-order valence-corrected chi connectivity index (χ2v) is 8.70. The SMILES string of the molecule is CCn1c(CCNC(=O)c2ccc(OC)cc2)nnc1SCC(=O)c1cn(C)c2ccccc12. The van der Waals surface area contributed by atoms with Gasteiger partial charge in [0.05, 0.1) is 12.9 Å². The van der Waals surface area contributed by atoms with Gasteiger partial charge in [0.25, 0.3) is 5.91 Å². The number of carbonyl (C=O) groups is 2. The number of rotatable bonds is 10. The summed E-state index contributed by atoms with van der Waals surface area (Å²) in [7, 11) is 3.53. The molecule has 0 fully saturated rings. The van der Waals surface area contributed by atoms with Crippen LogP contribution >= 0.6 is 11.8 Å². The predicted molar refractivity (Wildman–Crippen MR) is 133 cm³/mol. The normalized spacial score (nSPS) is 11.0. The predicted octanol–water partition coefficient (Wildman–Crippen LogP) is 3.75. The number of ether oxygens (including phenoxy) is 1. The number of thioether (sulfide) groups is 1. The average Bonchev–Trinajstić information content (AvgIpc) is 3.42. The third kappa shape index (κ3) is 4.99. The molecule has 0 saturated carbocycles. The summed E-state index contributed by atoms with van der Waals surface area (Å²) < 4.78 is 9.08. The van der Waals surface area contributed by atoms with Crippen LogP contribution in [0.3, 0.4) is 0 Å². The molecule has 8 nitrogen and oxygen atoms in total. The maximum absolute atomic E-state index is 12.9. The number of nitrogens with zero attached hydrogens (tertiary/aromatic N) is 4. The largest absolute Gasteiger partial charge is 0.497 e. The minimum absolute atomic E-state index is 0.0563. The lowest BCUT2D eigenvalue weighted by molar-refractivity contribution is 0.0953. The van der Waals surface area contributed by atoms with E-state index in [9.17, 15) is 9.59 Å². The number of aromatic nitrogens is 4. The van der Waals surface area contributed by atoms with Crippen molar-refractivity contribution in [1.82, 2.24) is 24.6 Å². The van der Waals surface area contributed by atoms with Gasteiger partial charge in [-0.2, -0.15) is 0 Å². The van der Waals surface area contributed by atoms with Crippen LogP contribution < -0.4 is 10.1 Å². The number of Topliss-reactive ketones (excluding diaryl/α,β-unsaturated/α-hetero) is 1. The highest BCUT2D eigenvalue weighted by molar-refractivity contribution is 7.99. The summed E-state index contributed by atoms with van der Waals surface area (Å²) in [6.45, 7) is 3.13. The summed E-state index contributed by atoms with van der Waals surface area (Å²) in [4.78, 5) is 25.3. The number of hydrogen-bond donors (Lipinski definition) is 1. The molecule has 4 rings (SSSR count). The van der Waals surface area contributed by atoms with Crippen LogP contribution in [0, 0.1) is 0 Å². The summed E-state index contributed by atoms with van der Waals surface area (Å²) in [5.41, 5.74) is 2.32. The molecule has 0 unspecified atom stereocenters. The standard InChI is InChI=1S/C25H27N5O3S/c1-4-30-23(13-14-26-24(32)17-9-11-18(33-3)12-10-17)27-28-25(30)34-16-22(31)20-15-29(2)21-8-6-5-7-19(20)21/h5-12,15H,4,13-14,16H2,1-3H3,(H,26,32). The average molecular weight is 478 g/mol. The van der Waals surface area contributed by atoms with Gasteiger partial charge in [-0.3, -0.25) is 9.59 Å². The molecule has 34 heavy (non-hydrogen) atoms. The molecule has 0 saturated heterocycles. The maximum Gasteiger partial charge on any atom is 0.251 e. The molecular formula is C25H27N5O3S. The smallest absolute Gasteiger partial charge is 0.251 e. The Hall–Kier alpha value is -3.59. The first-order valence-electron chi connectivity index (χ1n) is 11.1. The van der Waals surface area contributed by atoms with E-state index in [-0.39, 0.29) is 17.4 Å². The topological polar surface area (TPSA) is 91.0 Å². The first-order valence-corrected chi connectivity index (χ1v) is 12.0. The molecule has 2 aromatic heterocycles. The zero-order valence-corrected chi connectivity index (χ0v) is 20.3. The van der Waals surface area contributed by atoms with Gasteiger partial charge in [-0.1, -0.05) is 30.0 Å². The number of carbonyl (C=O) groups excluding carboxylic acids is 2. The van der Waals surface area contributed by atoms with E-state index in [1.54, 1.807) is 31.4 Å². The number of fused-ring (bicyclic) bond motifs is 1. The number of hydrogen-bond acceptors (Lipinski definition) is 6. The van der Waals surface area contributed by atoms with Gasteiger partial charge in [0.1, 0.15) is 11.6 Å². The number of benzene rings is 2. The highest BCUT2D eigenvalue weighted by Gasteiger charge is 2.17. The minimum Gasteiger partial charge on any atom is -0.497 e.